The van der Waals surface area contributed by atoms with Crippen LogP contribution in [0.4, 0.5) is 5.88 Å². The molecule has 1 heterocycles. The van der Waals surface area contributed by atoms with Gasteiger partial charge in [-0.2, -0.15) is 0 Å². The molecule has 0 bridgehead atoms. The average molecular weight is 258 g/mol. The molecule has 0 saturated carbocycles. The summed E-state index contributed by atoms with van der Waals surface area (Å²) in [6, 6.07) is 1.94. The zero-order chi connectivity index (χ0) is 13.5. The van der Waals surface area contributed by atoms with Crippen LogP contribution in [-0.4, -0.2) is 42.3 Å². The molecule has 1 aromatic rings. The van der Waals surface area contributed by atoms with E-state index >= 15 is 0 Å². The van der Waals surface area contributed by atoms with Crippen molar-refractivity contribution in [1.29, 1.82) is 0 Å². The van der Waals surface area contributed by atoms with Crippen LogP contribution in [0.3, 0.4) is 0 Å². The third-order valence-corrected chi connectivity index (χ3v) is 2.18. The molecule has 0 fully saturated rings. The quantitative estimate of drug-likeness (QED) is 0.537. The topological polar surface area (TPSA) is 115 Å². The second-order valence-electron chi connectivity index (χ2n) is 3.53. The molecular formula is C10H14N2O6. The SMILES string of the molecule is COCC(CCO)NC(=O)c1ccc([N+](=O)[O-])o1. The molecule has 1 unspecified atom stereocenters. The van der Waals surface area contributed by atoms with Crippen molar-refractivity contribution in [2.24, 2.45) is 0 Å². The smallest absolute Gasteiger partial charge is 0.396 e. The summed E-state index contributed by atoms with van der Waals surface area (Å²) in [6.45, 7) is 0.127. The number of amides is 1. The van der Waals surface area contributed by atoms with Crippen LogP contribution in [0.2, 0.25) is 0 Å². The first-order chi connectivity index (χ1) is 8.58. The number of furan rings is 1. The van der Waals surface area contributed by atoms with Crippen LogP contribution in [-0.2, 0) is 4.74 Å². The zero-order valence-corrected chi connectivity index (χ0v) is 9.79. The lowest BCUT2D eigenvalue weighted by Crippen LogP contribution is -2.38. The number of methoxy groups -OCH3 is 1. The summed E-state index contributed by atoms with van der Waals surface area (Å²) in [5.74, 6) is -1.23. The van der Waals surface area contributed by atoms with E-state index in [1.807, 2.05) is 0 Å². The highest BCUT2D eigenvalue weighted by atomic mass is 16.6. The molecule has 100 valence electrons. The molecule has 18 heavy (non-hydrogen) atoms. The van der Waals surface area contributed by atoms with E-state index in [1.165, 1.54) is 13.2 Å². The summed E-state index contributed by atoms with van der Waals surface area (Å²) in [7, 11) is 1.47. The number of carbonyl (C=O) groups excluding carboxylic acids is 1. The highest BCUT2D eigenvalue weighted by molar-refractivity contribution is 5.91. The van der Waals surface area contributed by atoms with E-state index in [9.17, 15) is 14.9 Å². The Labute approximate surface area is 103 Å². The molecule has 8 heteroatoms. The third kappa shape index (κ3) is 3.82. The van der Waals surface area contributed by atoms with Gasteiger partial charge in [0, 0.05) is 13.7 Å². The maximum Gasteiger partial charge on any atom is 0.433 e. The molecule has 1 atom stereocenters. The number of aliphatic hydroxyl groups is 1. The molecule has 0 aliphatic rings. The Morgan fingerprint density at radius 3 is 2.89 bits per heavy atom. The number of nitrogens with zero attached hydrogens (tertiary/aromatic N) is 1. The van der Waals surface area contributed by atoms with Gasteiger partial charge in [0.1, 0.15) is 4.92 Å². The minimum atomic E-state index is -0.725. The van der Waals surface area contributed by atoms with Crippen molar-refractivity contribution in [2.45, 2.75) is 12.5 Å². The number of hydrogen-bond donors (Lipinski definition) is 2. The van der Waals surface area contributed by atoms with Crippen LogP contribution in [0.25, 0.3) is 0 Å². The second kappa shape index (κ2) is 6.72. The first-order valence-corrected chi connectivity index (χ1v) is 5.23. The first kappa shape index (κ1) is 14.1. The maximum atomic E-state index is 11.7. The summed E-state index contributed by atoms with van der Waals surface area (Å²) in [6.07, 6.45) is 0.322. The predicted molar refractivity (Wildman–Crippen MR) is 60.2 cm³/mol. The molecule has 0 radical (unpaired) electrons. The van der Waals surface area contributed by atoms with Gasteiger partial charge >= 0.3 is 5.88 Å². The van der Waals surface area contributed by atoms with Crippen molar-refractivity contribution in [2.75, 3.05) is 20.3 Å². The van der Waals surface area contributed by atoms with E-state index in [0.717, 1.165) is 6.07 Å². The first-order valence-electron chi connectivity index (χ1n) is 5.23. The predicted octanol–water partition coefficient (Wildman–Crippen LogP) is 0.315. The second-order valence-corrected chi connectivity index (χ2v) is 3.53. The van der Waals surface area contributed by atoms with Gasteiger partial charge in [-0.1, -0.05) is 0 Å². The Bertz CT molecular complexity index is 410. The summed E-state index contributed by atoms with van der Waals surface area (Å²) >= 11 is 0. The Hall–Kier alpha value is -1.93. The van der Waals surface area contributed by atoms with Crippen LogP contribution < -0.4 is 5.32 Å². The maximum absolute atomic E-state index is 11.7. The number of nitro groups is 1. The normalized spacial score (nSPS) is 12.1. The minimum Gasteiger partial charge on any atom is -0.396 e. The minimum absolute atomic E-state index is 0.105. The van der Waals surface area contributed by atoms with Gasteiger partial charge in [0.2, 0.25) is 0 Å². The number of hydrogen-bond acceptors (Lipinski definition) is 6. The van der Waals surface area contributed by atoms with Gasteiger partial charge in [-0.15, -0.1) is 0 Å². The molecule has 8 nitrogen and oxygen atoms in total. The van der Waals surface area contributed by atoms with Crippen LogP contribution >= 0.6 is 0 Å². The Kier molecular flexibility index (Phi) is 5.28. The van der Waals surface area contributed by atoms with Gasteiger partial charge in [-0.3, -0.25) is 14.9 Å². The van der Waals surface area contributed by atoms with E-state index in [0.29, 0.717) is 6.42 Å². The number of nitrogens with one attached hydrogen (secondary N) is 1. The van der Waals surface area contributed by atoms with Crippen LogP contribution in [0.5, 0.6) is 0 Å². The van der Waals surface area contributed by atoms with Gasteiger partial charge in [0.25, 0.3) is 5.91 Å². The van der Waals surface area contributed by atoms with Gasteiger partial charge in [0.05, 0.1) is 18.7 Å². The Balaban J connectivity index is 2.64. The highest BCUT2D eigenvalue weighted by Crippen LogP contribution is 2.15. The summed E-state index contributed by atoms with van der Waals surface area (Å²) in [5, 5.41) is 21.7. The molecule has 0 saturated heterocycles. The largest absolute Gasteiger partial charge is 0.433 e. The van der Waals surface area contributed by atoms with Crippen LogP contribution in [0, 0.1) is 10.1 Å². The molecule has 1 amide bonds. The van der Waals surface area contributed by atoms with Crippen LogP contribution in [0.1, 0.15) is 17.0 Å². The molecule has 0 aliphatic carbocycles. The van der Waals surface area contributed by atoms with Crippen molar-refractivity contribution in [1.82, 2.24) is 5.32 Å². The number of carbonyl (C=O) groups is 1. The van der Waals surface area contributed by atoms with E-state index in [2.05, 4.69) is 5.32 Å². The third-order valence-electron chi connectivity index (χ3n) is 2.18. The van der Waals surface area contributed by atoms with E-state index < -0.39 is 16.7 Å². The lowest BCUT2D eigenvalue weighted by atomic mass is 10.2. The number of aliphatic hydroxyl groups excluding tert-OH is 1. The van der Waals surface area contributed by atoms with E-state index in [-0.39, 0.29) is 25.0 Å². The van der Waals surface area contributed by atoms with Crippen molar-refractivity contribution in [3.8, 4) is 0 Å². The van der Waals surface area contributed by atoms with E-state index in [4.69, 9.17) is 14.3 Å². The fourth-order valence-corrected chi connectivity index (χ4v) is 1.36. The van der Waals surface area contributed by atoms with Gasteiger partial charge < -0.3 is 19.6 Å². The number of rotatable bonds is 7. The summed E-state index contributed by atoms with van der Waals surface area (Å²) < 4.78 is 9.62. The molecule has 2 N–H and O–H groups in total. The molecular weight excluding hydrogens is 244 g/mol. The van der Waals surface area contributed by atoms with Gasteiger partial charge in [0.15, 0.2) is 5.76 Å². The number of ether oxygens (including phenoxy) is 1. The molecule has 1 aromatic heterocycles. The van der Waals surface area contributed by atoms with E-state index in [1.54, 1.807) is 0 Å². The average Bonchev–Trinajstić information content (AvgIpc) is 2.79. The fraction of sp³-hybridized carbons (Fsp3) is 0.500. The standard InChI is InChI=1S/C10H14N2O6/c1-17-6-7(4-5-13)11-10(14)8-2-3-9(18-8)12(15)16/h2-3,7,13H,4-6H2,1H3,(H,11,14). The van der Waals surface area contributed by atoms with Gasteiger partial charge in [-0.25, -0.2) is 0 Å². The molecule has 1 rings (SSSR count). The van der Waals surface area contributed by atoms with Crippen molar-refractivity contribution in [3.63, 3.8) is 0 Å². The highest BCUT2D eigenvalue weighted by Gasteiger charge is 2.19. The van der Waals surface area contributed by atoms with Crippen molar-refractivity contribution < 1.29 is 24.0 Å². The molecule has 0 spiro atoms. The Morgan fingerprint density at radius 1 is 1.67 bits per heavy atom. The summed E-state index contributed by atoms with van der Waals surface area (Å²) in [5.41, 5.74) is 0. The zero-order valence-electron chi connectivity index (χ0n) is 9.79. The molecule has 0 aromatic carbocycles. The molecule has 0 aliphatic heterocycles. The van der Waals surface area contributed by atoms with Crippen molar-refractivity contribution in [3.05, 3.63) is 28.0 Å². The lowest BCUT2D eigenvalue weighted by Gasteiger charge is -2.15. The fourth-order valence-electron chi connectivity index (χ4n) is 1.36. The monoisotopic (exact) mass is 258 g/mol. The van der Waals surface area contributed by atoms with Crippen LogP contribution in [0.15, 0.2) is 16.5 Å². The summed E-state index contributed by atoms with van der Waals surface area (Å²) in [4.78, 5) is 21.3. The lowest BCUT2D eigenvalue weighted by molar-refractivity contribution is -0.402. The Morgan fingerprint density at radius 2 is 2.39 bits per heavy atom. The van der Waals surface area contributed by atoms with Gasteiger partial charge in [-0.05, 0) is 12.5 Å². The van der Waals surface area contributed by atoms with Crippen molar-refractivity contribution >= 4 is 11.8 Å².